The Labute approximate surface area is 101 Å². The van der Waals surface area contributed by atoms with Crippen LogP contribution in [0.4, 0.5) is 18.0 Å². The molecule has 1 aromatic carbocycles. The average Bonchev–Trinajstić information content (AvgIpc) is 2.27. The van der Waals surface area contributed by atoms with Crippen LogP contribution in [0.2, 0.25) is 0 Å². The Morgan fingerprint density at radius 3 is 2.33 bits per heavy atom. The summed E-state index contributed by atoms with van der Waals surface area (Å²) in [5, 5.41) is 19.1. The quantitative estimate of drug-likeness (QED) is 0.874. The number of amides is 1. The van der Waals surface area contributed by atoms with Crippen molar-refractivity contribution in [3.63, 3.8) is 0 Å². The lowest BCUT2D eigenvalue weighted by atomic mass is 10.0. The van der Waals surface area contributed by atoms with E-state index < -0.39 is 23.9 Å². The van der Waals surface area contributed by atoms with Crippen LogP contribution in [0.1, 0.15) is 11.1 Å². The van der Waals surface area contributed by atoms with Gasteiger partial charge in [0.05, 0.1) is 11.6 Å². The fraction of sp³-hybridized carbons (Fsp3) is 0.273. The number of alkyl halides is 3. The molecule has 0 saturated heterocycles. The fourth-order valence-electron chi connectivity index (χ4n) is 1.34. The number of carboxylic acid groups (broad SMARTS) is 1. The van der Waals surface area contributed by atoms with E-state index in [9.17, 15) is 18.0 Å². The van der Waals surface area contributed by atoms with Crippen LogP contribution in [0.5, 0.6) is 0 Å². The minimum Gasteiger partial charge on any atom is -0.465 e. The molecular weight excluding hydrogens is 249 g/mol. The first-order valence-corrected chi connectivity index (χ1v) is 4.88. The summed E-state index contributed by atoms with van der Waals surface area (Å²) in [4.78, 5) is 10.3. The highest BCUT2D eigenvalue weighted by atomic mass is 19.4. The predicted molar refractivity (Wildman–Crippen MR) is 55.7 cm³/mol. The van der Waals surface area contributed by atoms with Crippen LogP contribution in [-0.2, 0) is 12.6 Å². The molecule has 0 aliphatic carbocycles. The molecule has 1 rings (SSSR count). The average molecular weight is 258 g/mol. The standard InChI is InChI=1S/C11H9F3N2O2/c12-11(13,14)8-3-1-7(2-4-8)5-9(6-15)16-10(17)18/h1-4,9,16H,5H2,(H,17,18). The normalized spacial score (nSPS) is 12.6. The van der Waals surface area contributed by atoms with E-state index >= 15 is 0 Å². The van der Waals surface area contributed by atoms with E-state index in [4.69, 9.17) is 10.4 Å². The van der Waals surface area contributed by atoms with Crippen molar-refractivity contribution in [1.82, 2.24) is 5.32 Å². The summed E-state index contributed by atoms with van der Waals surface area (Å²) in [6.45, 7) is 0. The van der Waals surface area contributed by atoms with Crippen molar-refractivity contribution >= 4 is 6.09 Å². The van der Waals surface area contributed by atoms with E-state index in [-0.39, 0.29) is 6.42 Å². The smallest absolute Gasteiger partial charge is 0.416 e. The van der Waals surface area contributed by atoms with Crippen molar-refractivity contribution in [3.05, 3.63) is 35.4 Å². The molecule has 0 heterocycles. The third kappa shape index (κ3) is 3.97. The van der Waals surface area contributed by atoms with Crippen molar-refractivity contribution < 1.29 is 23.1 Å². The molecule has 1 atom stereocenters. The number of nitrogens with zero attached hydrogens (tertiary/aromatic N) is 1. The van der Waals surface area contributed by atoms with E-state index in [0.29, 0.717) is 5.56 Å². The Balaban J connectivity index is 2.75. The first kappa shape index (κ1) is 13.8. The monoisotopic (exact) mass is 258 g/mol. The van der Waals surface area contributed by atoms with Crippen molar-refractivity contribution in [2.45, 2.75) is 18.6 Å². The number of benzene rings is 1. The molecule has 2 N–H and O–H groups in total. The summed E-state index contributed by atoms with van der Waals surface area (Å²) in [7, 11) is 0. The van der Waals surface area contributed by atoms with Crippen LogP contribution < -0.4 is 5.32 Å². The lowest BCUT2D eigenvalue weighted by Gasteiger charge is -2.10. The van der Waals surface area contributed by atoms with Crippen LogP contribution in [0.15, 0.2) is 24.3 Å². The predicted octanol–water partition coefficient (Wildman–Crippen LogP) is 2.41. The van der Waals surface area contributed by atoms with Gasteiger partial charge in [-0.05, 0) is 17.7 Å². The number of nitrogens with one attached hydrogen (secondary N) is 1. The summed E-state index contributed by atoms with van der Waals surface area (Å²) >= 11 is 0. The maximum atomic E-state index is 12.3. The molecular formula is C11H9F3N2O2. The number of hydrogen-bond acceptors (Lipinski definition) is 2. The van der Waals surface area contributed by atoms with E-state index in [1.165, 1.54) is 12.1 Å². The van der Waals surface area contributed by atoms with E-state index in [0.717, 1.165) is 12.1 Å². The van der Waals surface area contributed by atoms with E-state index in [1.54, 1.807) is 6.07 Å². The Hall–Kier alpha value is -2.23. The summed E-state index contributed by atoms with van der Waals surface area (Å²) < 4.78 is 36.8. The van der Waals surface area contributed by atoms with E-state index in [1.807, 2.05) is 5.32 Å². The Morgan fingerprint density at radius 1 is 1.39 bits per heavy atom. The second-order valence-electron chi connectivity index (χ2n) is 3.53. The molecule has 7 heteroatoms. The summed E-state index contributed by atoms with van der Waals surface area (Å²) in [6, 6.07) is 4.95. The van der Waals surface area contributed by atoms with Gasteiger partial charge in [0.2, 0.25) is 0 Å². The maximum Gasteiger partial charge on any atom is 0.416 e. The number of halogens is 3. The van der Waals surface area contributed by atoms with E-state index in [2.05, 4.69) is 0 Å². The molecule has 0 aliphatic rings. The lowest BCUT2D eigenvalue weighted by Crippen LogP contribution is -2.34. The Morgan fingerprint density at radius 2 is 1.94 bits per heavy atom. The molecule has 0 radical (unpaired) electrons. The molecule has 0 bridgehead atoms. The lowest BCUT2D eigenvalue weighted by molar-refractivity contribution is -0.137. The van der Waals surface area contributed by atoms with Crippen molar-refractivity contribution in [2.24, 2.45) is 0 Å². The van der Waals surface area contributed by atoms with Crippen LogP contribution in [0.25, 0.3) is 0 Å². The minimum atomic E-state index is -4.41. The molecule has 4 nitrogen and oxygen atoms in total. The Kier molecular flexibility index (Phi) is 4.15. The second-order valence-corrected chi connectivity index (χ2v) is 3.53. The zero-order valence-electron chi connectivity index (χ0n) is 9.03. The maximum absolute atomic E-state index is 12.3. The molecule has 96 valence electrons. The highest BCUT2D eigenvalue weighted by molar-refractivity contribution is 5.65. The van der Waals surface area contributed by atoms with Crippen molar-refractivity contribution in [3.8, 4) is 6.07 Å². The van der Waals surface area contributed by atoms with Crippen LogP contribution in [-0.4, -0.2) is 17.2 Å². The topological polar surface area (TPSA) is 73.1 Å². The largest absolute Gasteiger partial charge is 0.465 e. The Bertz CT molecular complexity index is 463. The molecule has 1 amide bonds. The van der Waals surface area contributed by atoms with Gasteiger partial charge in [-0.3, -0.25) is 0 Å². The van der Waals surface area contributed by atoms with Gasteiger partial charge in [0.25, 0.3) is 0 Å². The number of rotatable bonds is 3. The van der Waals surface area contributed by atoms with Crippen LogP contribution in [0, 0.1) is 11.3 Å². The van der Waals surface area contributed by atoms with Gasteiger partial charge in [0, 0.05) is 6.42 Å². The molecule has 0 aromatic heterocycles. The number of hydrogen-bond donors (Lipinski definition) is 2. The zero-order chi connectivity index (χ0) is 13.8. The summed E-state index contributed by atoms with van der Waals surface area (Å²) in [5.74, 6) is 0. The van der Waals surface area contributed by atoms with Gasteiger partial charge in [0.1, 0.15) is 6.04 Å². The first-order valence-electron chi connectivity index (χ1n) is 4.88. The van der Waals surface area contributed by atoms with Crippen molar-refractivity contribution in [1.29, 1.82) is 5.26 Å². The molecule has 0 saturated carbocycles. The van der Waals surface area contributed by atoms with Gasteiger partial charge in [-0.25, -0.2) is 4.79 Å². The zero-order valence-corrected chi connectivity index (χ0v) is 9.03. The molecule has 0 aliphatic heterocycles. The van der Waals surface area contributed by atoms with Gasteiger partial charge in [0.15, 0.2) is 0 Å². The molecule has 18 heavy (non-hydrogen) atoms. The van der Waals surface area contributed by atoms with Crippen molar-refractivity contribution in [2.75, 3.05) is 0 Å². The fourth-order valence-corrected chi connectivity index (χ4v) is 1.34. The summed E-state index contributed by atoms with van der Waals surface area (Å²) in [5.41, 5.74) is -0.339. The van der Waals surface area contributed by atoms with Crippen LogP contribution >= 0.6 is 0 Å². The minimum absolute atomic E-state index is 0.0148. The van der Waals surface area contributed by atoms with Gasteiger partial charge in [-0.2, -0.15) is 18.4 Å². The second kappa shape index (κ2) is 5.40. The molecule has 0 spiro atoms. The van der Waals surface area contributed by atoms with Gasteiger partial charge in [-0.15, -0.1) is 0 Å². The van der Waals surface area contributed by atoms with Gasteiger partial charge >= 0.3 is 12.3 Å². The van der Waals surface area contributed by atoms with Gasteiger partial charge < -0.3 is 10.4 Å². The third-order valence-corrected chi connectivity index (χ3v) is 2.17. The van der Waals surface area contributed by atoms with Gasteiger partial charge in [-0.1, -0.05) is 12.1 Å². The highest BCUT2D eigenvalue weighted by Crippen LogP contribution is 2.29. The first-order chi connectivity index (χ1) is 8.32. The number of nitriles is 1. The molecule has 0 fully saturated rings. The number of carbonyl (C=O) groups is 1. The molecule has 1 aromatic rings. The summed E-state index contributed by atoms with van der Waals surface area (Å²) in [6.07, 6.45) is -5.75. The SMILES string of the molecule is N#CC(Cc1ccc(C(F)(F)F)cc1)NC(=O)O. The highest BCUT2D eigenvalue weighted by Gasteiger charge is 2.30. The molecule has 1 unspecified atom stereocenters. The van der Waals surface area contributed by atoms with Crippen LogP contribution in [0.3, 0.4) is 0 Å². The third-order valence-electron chi connectivity index (χ3n) is 2.17.